The first kappa shape index (κ1) is 11.5. The molecular formula is C10H6BrN3O3. The fraction of sp³-hybridized carbons (Fsp3) is 0. The molecule has 0 radical (unpaired) electrons. The molecule has 0 bridgehead atoms. The fourth-order valence-corrected chi connectivity index (χ4v) is 1.47. The number of nitro groups is 1. The Labute approximate surface area is 105 Å². The molecule has 17 heavy (non-hydrogen) atoms. The number of rotatable bonds is 3. The summed E-state index contributed by atoms with van der Waals surface area (Å²) >= 11 is 3.16. The van der Waals surface area contributed by atoms with Crippen molar-refractivity contribution >= 4 is 21.6 Å². The second-order valence-corrected chi connectivity index (χ2v) is 3.82. The first-order valence-electron chi connectivity index (χ1n) is 4.55. The van der Waals surface area contributed by atoms with Gasteiger partial charge in [0.25, 0.3) is 0 Å². The highest BCUT2D eigenvalue weighted by Gasteiger charge is 2.14. The van der Waals surface area contributed by atoms with Gasteiger partial charge in [0, 0.05) is 12.1 Å². The van der Waals surface area contributed by atoms with Crippen LogP contribution in [-0.4, -0.2) is 14.9 Å². The molecule has 6 nitrogen and oxygen atoms in total. The highest BCUT2D eigenvalue weighted by atomic mass is 79.9. The van der Waals surface area contributed by atoms with Gasteiger partial charge in [-0.15, -0.1) is 0 Å². The van der Waals surface area contributed by atoms with Gasteiger partial charge < -0.3 is 4.74 Å². The minimum atomic E-state index is -0.508. The van der Waals surface area contributed by atoms with Gasteiger partial charge in [0.05, 0.1) is 4.92 Å². The molecule has 0 unspecified atom stereocenters. The van der Waals surface area contributed by atoms with Gasteiger partial charge in [-0.1, -0.05) is 12.1 Å². The number of hydrogen-bond acceptors (Lipinski definition) is 5. The molecule has 0 aliphatic rings. The molecule has 1 aromatic heterocycles. The normalized spacial score (nSPS) is 9.94. The van der Waals surface area contributed by atoms with Crippen LogP contribution in [0.3, 0.4) is 0 Å². The Hall–Kier alpha value is -2.02. The maximum absolute atomic E-state index is 10.8. The van der Waals surface area contributed by atoms with E-state index in [-0.39, 0.29) is 17.3 Å². The van der Waals surface area contributed by atoms with Crippen molar-refractivity contribution in [2.24, 2.45) is 0 Å². The molecule has 0 saturated heterocycles. The number of para-hydroxylation sites is 2. The van der Waals surface area contributed by atoms with Gasteiger partial charge in [-0.2, -0.15) is 0 Å². The molecule has 0 N–H and O–H groups in total. The van der Waals surface area contributed by atoms with Crippen LogP contribution in [0.5, 0.6) is 11.6 Å². The lowest BCUT2D eigenvalue weighted by molar-refractivity contribution is -0.385. The van der Waals surface area contributed by atoms with E-state index in [1.54, 1.807) is 12.1 Å². The Balaban J connectivity index is 2.33. The van der Waals surface area contributed by atoms with Crippen LogP contribution in [-0.2, 0) is 0 Å². The van der Waals surface area contributed by atoms with Gasteiger partial charge in [0.15, 0.2) is 0 Å². The van der Waals surface area contributed by atoms with Crippen molar-refractivity contribution in [3.05, 3.63) is 51.4 Å². The zero-order chi connectivity index (χ0) is 12.3. The topological polar surface area (TPSA) is 78.2 Å². The van der Waals surface area contributed by atoms with Gasteiger partial charge in [-0.3, -0.25) is 10.1 Å². The van der Waals surface area contributed by atoms with Crippen LogP contribution in [0.25, 0.3) is 0 Å². The van der Waals surface area contributed by atoms with Crippen molar-refractivity contribution in [3.63, 3.8) is 0 Å². The van der Waals surface area contributed by atoms with Gasteiger partial charge in [0.2, 0.25) is 11.6 Å². The fourth-order valence-electron chi connectivity index (χ4n) is 1.18. The summed E-state index contributed by atoms with van der Waals surface area (Å²) in [4.78, 5) is 17.9. The van der Waals surface area contributed by atoms with Crippen molar-refractivity contribution in [2.45, 2.75) is 0 Å². The zero-order valence-electron chi connectivity index (χ0n) is 8.41. The summed E-state index contributed by atoms with van der Waals surface area (Å²) in [5, 5.41) is 10.8. The Morgan fingerprint density at radius 3 is 2.76 bits per heavy atom. The zero-order valence-corrected chi connectivity index (χ0v) is 9.99. The van der Waals surface area contributed by atoms with Crippen molar-refractivity contribution in [1.29, 1.82) is 0 Å². The summed E-state index contributed by atoms with van der Waals surface area (Å²) in [6, 6.07) is 7.62. The summed E-state index contributed by atoms with van der Waals surface area (Å²) in [7, 11) is 0. The third-order valence-electron chi connectivity index (χ3n) is 1.89. The number of nitro benzene ring substituents is 1. The van der Waals surface area contributed by atoms with Gasteiger partial charge >= 0.3 is 5.69 Å². The van der Waals surface area contributed by atoms with E-state index in [0.717, 1.165) is 0 Å². The number of halogens is 1. The molecule has 0 amide bonds. The smallest absolute Gasteiger partial charge is 0.311 e. The highest BCUT2D eigenvalue weighted by molar-refractivity contribution is 9.10. The second-order valence-electron chi connectivity index (χ2n) is 3.01. The summed E-state index contributed by atoms with van der Waals surface area (Å²) in [5.41, 5.74) is -0.109. The van der Waals surface area contributed by atoms with Crippen LogP contribution >= 0.6 is 15.9 Å². The maximum Gasteiger partial charge on any atom is 0.311 e. The summed E-state index contributed by atoms with van der Waals surface area (Å²) in [6.07, 6.45) is 1.30. The average Bonchev–Trinajstić information content (AvgIpc) is 2.29. The Kier molecular flexibility index (Phi) is 3.29. The van der Waals surface area contributed by atoms with E-state index >= 15 is 0 Å². The first-order chi connectivity index (χ1) is 8.16. The van der Waals surface area contributed by atoms with Crippen molar-refractivity contribution < 1.29 is 9.66 Å². The lowest BCUT2D eigenvalue weighted by Crippen LogP contribution is -1.94. The molecular weight excluding hydrogens is 290 g/mol. The summed E-state index contributed by atoms with van der Waals surface area (Å²) < 4.78 is 5.87. The summed E-state index contributed by atoms with van der Waals surface area (Å²) in [5.74, 6) is 0.379. The second kappa shape index (κ2) is 4.88. The van der Waals surface area contributed by atoms with Gasteiger partial charge in [0.1, 0.15) is 10.9 Å². The van der Waals surface area contributed by atoms with E-state index in [1.807, 2.05) is 0 Å². The maximum atomic E-state index is 10.8. The van der Waals surface area contributed by atoms with Crippen LogP contribution in [0, 0.1) is 10.1 Å². The monoisotopic (exact) mass is 295 g/mol. The Bertz CT molecular complexity index is 562. The van der Waals surface area contributed by atoms with Crippen LogP contribution < -0.4 is 4.74 Å². The Morgan fingerprint density at radius 2 is 2.06 bits per heavy atom. The van der Waals surface area contributed by atoms with Crippen LogP contribution in [0.4, 0.5) is 5.69 Å². The minimum absolute atomic E-state index is 0.109. The molecule has 0 atom stereocenters. The van der Waals surface area contributed by atoms with E-state index in [4.69, 9.17) is 4.74 Å². The molecule has 7 heteroatoms. The van der Waals surface area contributed by atoms with Crippen LogP contribution in [0.2, 0.25) is 0 Å². The molecule has 0 aliphatic carbocycles. The molecule has 1 heterocycles. The quantitative estimate of drug-likeness (QED) is 0.494. The number of benzene rings is 1. The first-order valence-corrected chi connectivity index (χ1v) is 5.35. The van der Waals surface area contributed by atoms with Gasteiger partial charge in [-0.25, -0.2) is 9.97 Å². The molecule has 0 saturated carbocycles. The third-order valence-corrected chi connectivity index (χ3v) is 2.32. The van der Waals surface area contributed by atoms with E-state index in [0.29, 0.717) is 4.60 Å². The molecule has 1 aromatic carbocycles. The standard InChI is InChI=1S/C10H6BrN3O3/c11-9-5-10(13-6-12-9)17-8-4-2-1-3-7(8)14(15)16/h1-6H. The number of hydrogen-bond donors (Lipinski definition) is 0. The van der Waals surface area contributed by atoms with E-state index in [9.17, 15) is 10.1 Å². The molecule has 2 rings (SSSR count). The number of aromatic nitrogens is 2. The van der Waals surface area contributed by atoms with Crippen LogP contribution in [0.1, 0.15) is 0 Å². The molecule has 0 aliphatic heterocycles. The Morgan fingerprint density at radius 1 is 1.29 bits per heavy atom. The predicted octanol–water partition coefficient (Wildman–Crippen LogP) is 2.94. The van der Waals surface area contributed by atoms with Crippen molar-refractivity contribution in [3.8, 4) is 11.6 Å². The van der Waals surface area contributed by atoms with Crippen molar-refractivity contribution in [2.75, 3.05) is 0 Å². The predicted molar refractivity (Wildman–Crippen MR) is 62.9 cm³/mol. The number of nitrogens with zero attached hydrogens (tertiary/aromatic N) is 3. The molecule has 0 spiro atoms. The van der Waals surface area contributed by atoms with Crippen molar-refractivity contribution in [1.82, 2.24) is 9.97 Å². The lowest BCUT2D eigenvalue weighted by atomic mass is 10.3. The number of ether oxygens (including phenoxy) is 1. The minimum Gasteiger partial charge on any atom is -0.432 e. The molecule has 86 valence electrons. The lowest BCUT2D eigenvalue weighted by Gasteiger charge is -2.04. The van der Waals surface area contributed by atoms with E-state index in [1.165, 1.54) is 24.5 Å². The third kappa shape index (κ3) is 2.76. The largest absolute Gasteiger partial charge is 0.432 e. The summed E-state index contributed by atoms with van der Waals surface area (Å²) in [6.45, 7) is 0. The highest BCUT2D eigenvalue weighted by Crippen LogP contribution is 2.30. The van der Waals surface area contributed by atoms with Gasteiger partial charge in [-0.05, 0) is 22.0 Å². The van der Waals surface area contributed by atoms with E-state index in [2.05, 4.69) is 25.9 Å². The SMILES string of the molecule is O=[N+]([O-])c1ccccc1Oc1cc(Br)ncn1. The average molecular weight is 296 g/mol. The molecule has 0 fully saturated rings. The molecule has 2 aromatic rings. The van der Waals surface area contributed by atoms with E-state index < -0.39 is 4.92 Å². The van der Waals surface area contributed by atoms with Crippen LogP contribution in [0.15, 0.2) is 41.3 Å².